The van der Waals surface area contributed by atoms with E-state index in [-0.39, 0.29) is 6.04 Å². The zero-order chi connectivity index (χ0) is 11.5. The van der Waals surface area contributed by atoms with Crippen molar-refractivity contribution in [2.75, 3.05) is 12.3 Å². The van der Waals surface area contributed by atoms with Gasteiger partial charge in [0.1, 0.15) is 5.01 Å². The Bertz CT molecular complexity index is 386. The van der Waals surface area contributed by atoms with Gasteiger partial charge < -0.3 is 5.32 Å². The number of nitrogens with one attached hydrogen (secondary N) is 1. The monoisotopic (exact) mass is 255 g/mol. The van der Waals surface area contributed by atoms with Gasteiger partial charge in [0, 0.05) is 23.4 Å². The van der Waals surface area contributed by atoms with Crippen LogP contribution >= 0.6 is 23.1 Å². The van der Waals surface area contributed by atoms with E-state index in [1.807, 2.05) is 18.0 Å². The van der Waals surface area contributed by atoms with Crippen molar-refractivity contribution in [3.8, 4) is 0 Å². The molecule has 0 radical (unpaired) electrons. The number of aromatic nitrogens is 1. The summed E-state index contributed by atoms with van der Waals surface area (Å²) < 4.78 is 0. The zero-order valence-electron chi connectivity index (χ0n) is 9.86. The van der Waals surface area contributed by atoms with Crippen LogP contribution in [0.5, 0.6) is 0 Å². The van der Waals surface area contributed by atoms with Gasteiger partial charge >= 0.3 is 0 Å². The summed E-state index contributed by atoms with van der Waals surface area (Å²) in [5.74, 6) is 1.86. The highest BCUT2D eigenvalue weighted by atomic mass is 32.2. The fourth-order valence-electron chi connectivity index (χ4n) is 1.46. The van der Waals surface area contributed by atoms with E-state index < -0.39 is 0 Å². The highest BCUT2D eigenvalue weighted by Crippen LogP contribution is 2.22. The van der Waals surface area contributed by atoms with E-state index in [1.54, 1.807) is 11.3 Å². The predicted molar refractivity (Wildman–Crippen MR) is 72.3 cm³/mol. The second-order valence-electron chi connectivity index (χ2n) is 4.24. The molecular weight excluding hydrogens is 238 g/mol. The Hall–Kier alpha value is -0.550. The third kappa shape index (κ3) is 2.98. The lowest BCUT2D eigenvalue weighted by Crippen LogP contribution is -2.28. The molecule has 3 nitrogen and oxygen atoms in total. The molecule has 0 fully saturated rings. The number of aliphatic imine (C=N–C) groups is 1. The molecule has 0 aliphatic carbocycles. The molecule has 1 aromatic heterocycles. The molecule has 5 heteroatoms. The first-order chi connectivity index (χ1) is 7.65. The maximum absolute atomic E-state index is 4.53. The summed E-state index contributed by atoms with van der Waals surface area (Å²) in [7, 11) is 0. The molecular formula is C11H17N3S2. The van der Waals surface area contributed by atoms with Gasteiger partial charge in [-0.1, -0.05) is 18.7 Å². The lowest BCUT2D eigenvalue weighted by molar-refractivity contribution is 0.657. The molecule has 88 valence electrons. The van der Waals surface area contributed by atoms with Crippen molar-refractivity contribution in [2.24, 2.45) is 10.9 Å². The summed E-state index contributed by atoms with van der Waals surface area (Å²) in [4.78, 5) is 10.2. The van der Waals surface area contributed by atoms with Crippen LogP contribution in [0.3, 0.4) is 0 Å². The molecule has 1 N–H and O–H groups in total. The summed E-state index contributed by atoms with van der Waals surface area (Å²) in [6.07, 6.45) is 1.93. The second-order valence-corrected chi connectivity index (χ2v) is 6.51. The minimum Gasteiger partial charge on any atom is -0.356 e. The van der Waals surface area contributed by atoms with Crippen LogP contribution in [0.25, 0.3) is 0 Å². The molecule has 2 atom stereocenters. The van der Waals surface area contributed by atoms with E-state index >= 15 is 0 Å². The summed E-state index contributed by atoms with van der Waals surface area (Å²) >= 11 is 3.56. The van der Waals surface area contributed by atoms with Crippen LogP contribution in [0.2, 0.25) is 0 Å². The van der Waals surface area contributed by atoms with E-state index in [4.69, 9.17) is 0 Å². The fourth-order valence-corrected chi connectivity index (χ4v) is 3.22. The highest BCUT2D eigenvalue weighted by molar-refractivity contribution is 8.13. The number of rotatable bonds is 2. The zero-order valence-corrected chi connectivity index (χ0v) is 11.5. The molecule has 16 heavy (non-hydrogen) atoms. The van der Waals surface area contributed by atoms with Gasteiger partial charge in [-0.3, -0.25) is 4.99 Å². The summed E-state index contributed by atoms with van der Waals surface area (Å²) in [6, 6.07) is 0.262. The minimum atomic E-state index is 0.262. The molecule has 0 amide bonds. The number of nitrogens with zero attached hydrogens (tertiary/aromatic N) is 2. The van der Waals surface area contributed by atoms with Gasteiger partial charge in [-0.25, -0.2) is 4.98 Å². The first-order valence-electron chi connectivity index (χ1n) is 5.51. The number of thiazole rings is 1. The summed E-state index contributed by atoms with van der Waals surface area (Å²) in [5.41, 5.74) is 0. The SMILES string of the molecule is Cc1cnc(C(C)NC2=NCC(C)CS2)s1. The first-order valence-corrected chi connectivity index (χ1v) is 7.31. The summed E-state index contributed by atoms with van der Waals surface area (Å²) in [6.45, 7) is 7.40. The molecule has 2 heterocycles. The van der Waals surface area contributed by atoms with Crippen molar-refractivity contribution < 1.29 is 0 Å². The van der Waals surface area contributed by atoms with Gasteiger partial charge in [-0.2, -0.15) is 0 Å². The Morgan fingerprint density at radius 3 is 2.94 bits per heavy atom. The van der Waals surface area contributed by atoms with Gasteiger partial charge in [-0.05, 0) is 19.8 Å². The molecule has 0 aromatic carbocycles. The molecule has 1 aromatic rings. The van der Waals surface area contributed by atoms with Crippen molar-refractivity contribution in [3.63, 3.8) is 0 Å². The van der Waals surface area contributed by atoms with Crippen molar-refractivity contribution in [2.45, 2.75) is 26.8 Å². The number of hydrogen-bond acceptors (Lipinski definition) is 5. The Labute approximate surface area is 105 Å². The average Bonchev–Trinajstić information content (AvgIpc) is 2.68. The average molecular weight is 255 g/mol. The Morgan fingerprint density at radius 1 is 1.56 bits per heavy atom. The van der Waals surface area contributed by atoms with Crippen molar-refractivity contribution >= 4 is 28.3 Å². The largest absolute Gasteiger partial charge is 0.356 e. The molecule has 0 bridgehead atoms. The molecule has 1 aliphatic heterocycles. The predicted octanol–water partition coefficient (Wildman–Crippen LogP) is 2.84. The molecule has 0 saturated heterocycles. The lowest BCUT2D eigenvalue weighted by Gasteiger charge is -2.20. The van der Waals surface area contributed by atoms with E-state index in [0.717, 1.165) is 22.5 Å². The Balaban J connectivity index is 1.95. The molecule has 0 spiro atoms. The highest BCUT2D eigenvalue weighted by Gasteiger charge is 2.16. The van der Waals surface area contributed by atoms with Crippen LogP contribution in [0.1, 0.15) is 29.8 Å². The molecule has 0 saturated carbocycles. The summed E-state index contributed by atoms with van der Waals surface area (Å²) in [5, 5.41) is 5.64. The van der Waals surface area contributed by atoms with Crippen LogP contribution in [0.4, 0.5) is 0 Å². The maximum atomic E-state index is 4.53. The van der Waals surface area contributed by atoms with Crippen LogP contribution in [-0.4, -0.2) is 22.4 Å². The van der Waals surface area contributed by atoms with Gasteiger partial charge in [-0.15, -0.1) is 11.3 Å². The van der Waals surface area contributed by atoms with Gasteiger partial charge in [0.05, 0.1) is 6.04 Å². The van der Waals surface area contributed by atoms with Crippen molar-refractivity contribution in [1.82, 2.24) is 10.3 Å². The topological polar surface area (TPSA) is 37.3 Å². The van der Waals surface area contributed by atoms with Crippen LogP contribution in [0.15, 0.2) is 11.2 Å². The number of hydrogen-bond donors (Lipinski definition) is 1. The normalized spacial score (nSPS) is 22.7. The molecule has 1 aliphatic rings. The smallest absolute Gasteiger partial charge is 0.157 e. The van der Waals surface area contributed by atoms with E-state index in [2.05, 4.69) is 36.1 Å². The number of aryl methyl sites for hydroxylation is 1. The Morgan fingerprint density at radius 2 is 2.38 bits per heavy atom. The van der Waals surface area contributed by atoms with Gasteiger partial charge in [0.2, 0.25) is 0 Å². The van der Waals surface area contributed by atoms with Crippen LogP contribution in [0, 0.1) is 12.8 Å². The quantitative estimate of drug-likeness (QED) is 0.883. The number of amidine groups is 1. The maximum Gasteiger partial charge on any atom is 0.157 e. The van der Waals surface area contributed by atoms with E-state index in [1.165, 1.54) is 4.88 Å². The molecule has 2 unspecified atom stereocenters. The fraction of sp³-hybridized carbons (Fsp3) is 0.636. The lowest BCUT2D eigenvalue weighted by atomic mass is 10.2. The second kappa shape index (κ2) is 5.19. The van der Waals surface area contributed by atoms with Crippen molar-refractivity contribution in [3.05, 3.63) is 16.1 Å². The van der Waals surface area contributed by atoms with Crippen LogP contribution < -0.4 is 5.32 Å². The number of thioether (sulfide) groups is 1. The van der Waals surface area contributed by atoms with E-state index in [9.17, 15) is 0 Å². The van der Waals surface area contributed by atoms with Crippen LogP contribution in [-0.2, 0) is 0 Å². The third-order valence-electron chi connectivity index (χ3n) is 2.40. The Kier molecular flexibility index (Phi) is 3.86. The van der Waals surface area contributed by atoms with E-state index in [0.29, 0.717) is 5.92 Å². The third-order valence-corrected chi connectivity index (χ3v) is 4.75. The van der Waals surface area contributed by atoms with Gasteiger partial charge in [0.15, 0.2) is 5.17 Å². The van der Waals surface area contributed by atoms with Gasteiger partial charge in [0.25, 0.3) is 0 Å². The standard InChI is InChI=1S/C11H17N3S2/c1-7-4-13-11(15-6-7)14-9(3)10-12-5-8(2)16-10/h5,7,9H,4,6H2,1-3H3,(H,13,14). The minimum absolute atomic E-state index is 0.262. The first kappa shape index (κ1) is 11.9. The molecule has 2 rings (SSSR count). The van der Waals surface area contributed by atoms with Crippen molar-refractivity contribution in [1.29, 1.82) is 0 Å².